The third kappa shape index (κ3) is 34.3. The highest BCUT2D eigenvalue weighted by atomic mass is 16.5. The number of carbonyl (C=O) groups excluding carboxylic acids is 1. The van der Waals surface area contributed by atoms with Gasteiger partial charge < -0.3 is 76.1 Å². The van der Waals surface area contributed by atoms with E-state index in [2.05, 4.69) is 253 Å². The zero-order chi connectivity index (χ0) is 101. The Morgan fingerprint density at radius 1 is 0.333 bits per heavy atom. The number of likely N-dealkylation sites (tertiary alicyclic amines) is 6. The lowest BCUT2D eigenvalue weighted by molar-refractivity contribution is 0.00758. The largest absolute Gasteiger partial charge is 0.497 e. The van der Waals surface area contributed by atoms with Crippen molar-refractivity contribution in [3.63, 3.8) is 0 Å². The third-order valence-corrected chi connectivity index (χ3v) is 33.4. The van der Waals surface area contributed by atoms with Crippen molar-refractivity contribution in [3.8, 4) is 11.5 Å². The van der Waals surface area contributed by atoms with Gasteiger partial charge in [0, 0.05) is 151 Å². The molecule has 790 valence electrons. The molecule has 18 rings (SSSR count). The monoisotopic (exact) mass is 1970 g/mol. The van der Waals surface area contributed by atoms with Crippen LogP contribution in [0.3, 0.4) is 0 Å². The van der Waals surface area contributed by atoms with Crippen molar-refractivity contribution >= 4 is 71.2 Å². The van der Waals surface area contributed by atoms with Crippen LogP contribution in [0.25, 0.3) is 65.4 Å². The van der Waals surface area contributed by atoms with Crippen molar-refractivity contribution in [2.75, 3.05) is 139 Å². The van der Waals surface area contributed by atoms with E-state index in [4.69, 9.17) is 14.2 Å². The zero-order valence-corrected chi connectivity index (χ0v) is 92.1. The van der Waals surface area contributed by atoms with Crippen molar-refractivity contribution in [2.24, 2.45) is 29.6 Å². The number of piperidine rings is 6. The van der Waals surface area contributed by atoms with Gasteiger partial charge in [-0.3, -0.25) is 4.79 Å². The summed E-state index contributed by atoms with van der Waals surface area (Å²) in [7, 11) is 3.46. The van der Waals surface area contributed by atoms with Gasteiger partial charge in [0.1, 0.15) is 11.5 Å². The molecule has 17 nitrogen and oxygen atoms in total. The maximum atomic E-state index is 11.9. The fourth-order valence-corrected chi connectivity index (χ4v) is 24.2. The Morgan fingerprint density at radius 2 is 0.722 bits per heavy atom. The van der Waals surface area contributed by atoms with Gasteiger partial charge in [0.15, 0.2) is 5.78 Å². The SMILES string of the molecule is CCCCC1CCN(CCCn2c(C)c(C)c3ccccc32)CC1.CCCCC1CCN(CCCn2ccc3c(CO)cccc32)CC1.CCCCC1CCN(CCCn2ccc3cc(OC)ccc32)CC1.CCCCC1CCN(CCCn2ccc3ccc(OC)cc32)CC1.CCCCC1CCN(CCCn2ccc3cccc(C)c32)CC1.CCCOC1CCN(CCCn2cc(C(C)=O)c3ccccc32)CC1. The number of aliphatic hydroxyl groups excluding tert-OH is 1. The average Bonchev–Trinajstić information content (AvgIpc) is 1.65. The number of rotatable bonds is 46. The van der Waals surface area contributed by atoms with Crippen LogP contribution in [0.2, 0.25) is 0 Å². The summed E-state index contributed by atoms with van der Waals surface area (Å²) >= 11 is 0. The quantitative estimate of drug-likeness (QED) is 0.0368. The molecule has 6 aliphatic rings. The molecule has 6 aromatic carbocycles. The van der Waals surface area contributed by atoms with Gasteiger partial charge in [-0.2, -0.15) is 0 Å². The minimum atomic E-state index is 0.119. The lowest BCUT2D eigenvalue weighted by atomic mass is 9.91. The molecule has 0 bridgehead atoms. The highest BCUT2D eigenvalue weighted by Crippen LogP contribution is 2.34. The smallest absolute Gasteiger partial charge is 0.161 e. The van der Waals surface area contributed by atoms with Gasteiger partial charge in [-0.15, -0.1) is 0 Å². The summed E-state index contributed by atoms with van der Waals surface area (Å²) in [5, 5.41) is 17.1. The summed E-state index contributed by atoms with van der Waals surface area (Å²) in [5.41, 5.74) is 14.0. The van der Waals surface area contributed by atoms with E-state index in [1.54, 1.807) is 21.1 Å². The van der Waals surface area contributed by atoms with Gasteiger partial charge in [-0.25, -0.2) is 0 Å². The number of hydrogen-bond acceptors (Lipinski definition) is 11. The van der Waals surface area contributed by atoms with E-state index in [0.717, 1.165) is 149 Å². The molecule has 0 unspecified atom stereocenters. The molecule has 0 spiro atoms. The Hall–Kier alpha value is -8.49. The number of benzene rings is 6. The molecule has 6 saturated heterocycles. The molecule has 6 aliphatic heterocycles. The first kappa shape index (κ1) is 113. The molecule has 6 aromatic heterocycles. The van der Waals surface area contributed by atoms with Crippen LogP contribution in [0.15, 0.2) is 177 Å². The molecular formula is C127H192N12O5. The second-order valence-corrected chi connectivity index (χ2v) is 43.8. The van der Waals surface area contributed by atoms with E-state index in [1.807, 2.05) is 42.6 Å². The van der Waals surface area contributed by atoms with E-state index in [1.165, 1.54) is 368 Å². The maximum absolute atomic E-state index is 11.9. The van der Waals surface area contributed by atoms with Crippen LogP contribution in [0.1, 0.15) is 300 Å². The standard InChI is InChI=1S/C22H34N2.C21H30N2O2.3C21H32N2O.C21H32N2/c1-4-5-9-20-12-16-23(17-13-20)14-8-15-24-19(3)18(2)21-10-6-7-11-22(21)24;1-3-15-25-18-9-13-22(14-10-18)11-6-12-23-16-20(17(2)24)19-7-4-5-8-21(19)23;1-3-4-6-18-9-14-22(15-10-18)12-5-13-23-16-11-19-17-20(24-2)7-8-21(19)23;1-3-4-6-18-9-14-22(15-10-18)12-5-13-23-16-11-19-7-8-20(24-2)17-21(19)23;1-2-3-6-18-9-14-22(15-10-18)12-5-13-23-16-11-20-19(17-24)7-4-8-21(20)23;1-3-4-8-19-10-15-22(16-11-19)13-6-14-23-17-12-20-9-5-7-18(2)21(20)23/h6-7,10-11,20H,4-5,8-9,12-17H2,1-3H3;4-5,7-8,16,18H,3,6,9-15H2,1-2H3;2*7-8,11,16-18H,3-6,9-10,12-15H2,1-2H3;4,7-8,11,16,18,24H,2-3,5-6,9-10,12-15,17H2,1H3;5,7,9,12,17,19H,3-4,6,8,10-11,13-16H2,1-2H3. The van der Waals surface area contributed by atoms with Crippen molar-refractivity contribution in [1.82, 2.24) is 56.8 Å². The predicted molar refractivity (Wildman–Crippen MR) is 612 cm³/mol. The van der Waals surface area contributed by atoms with Crippen LogP contribution >= 0.6 is 0 Å². The Balaban J connectivity index is 0.000000145. The molecule has 17 heteroatoms. The van der Waals surface area contributed by atoms with Crippen LogP contribution in [0, 0.1) is 50.4 Å². The molecule has 1 N–H and O–H groups in total. The number of aliphatic hydroxyl groups is 1. The second kappa shape index (κ2) is 61.5. The average molecular weight is 1970 g/mol. The molecule has 0 aliphatic carbocycles. The number of ether oxygens (including phenoxy) is 3. The fraction of sp³-hybridized carbons (Fsp3) is 0.614. The third-order valence-electron chi connectivity index (χ3n) is 33.4. The minimum Gasteiger partial charge on any atom is -0.497 e. The van der Waals surface area contributed by atoms with E-state index in [9.17, 15) is 9.90 Å². The Bertz CT molecular complexity index is 5560. The van der Waals surface area contributed by atoms with Crippen molar-refractivity contribution < 1.29 is 24.1 Å². The van der Waals surface area contributed by atoms with E-state index < -0.39 is 0 Å². The lowest BCUT2D eigenvalue weighted by Gasteiger charge is -2.32. The van der Waals surface area contributed by atoms with Crippen LogP contribution in [0.4, 0.5) is 0 Å². The number of nitrogens with zero attached hydrogens (tertiary/aromatic N) is 12. The number of unbranched alkanes of at least 4 members (excludes halogenated alkanes) is 5. The summed E-state index contributed by atoms with van der Waals surface area (Å²) < 4.78 is 30.8. The second-order valence-electron chi connectivity index (χ2n) is 43.8. The van der Waals surface area contributed by atoms with Gasteiger partial charge in [0.2, 0.25) is 0 Å². The molecule has 144 heavy (non-hydrogen) atoms. The number of aromatic nitrogens is 6. The van der Waals surface area contributed by atoms with E-state index in [-0.39, 0.29) is 12.4 Å². The Kier molecular flexibility index (Phi) is 48.1. The van der Waals surface area contributed by atoms with Crippen LogP contribution in [-0.4, -0.2) is 212 Å². The number of ketones is 1. The van der Waals surface area contributed by atoms with Crippen molar-refractivity contribution in [3.05, 3.63) is 205 Å². The summed E-state index contributed by atoms with van der Waals surface area (Å²) in [4.78, 5) is 27.8. The highest BCUT2D eigenvalue weighted by Gasteiger charge is 2.27. The Morgan fingerprint density at radius 3 is 1.20 bits per heavy atom. The normalized spacial score (nSPS) is 16.8. The zero-order valence-electron chi connectivity index (χ0n) is 92.1. The highest BCUT2D eigenvalue weighted by molar-refractivity contribution is 6.07. The lowest BCUT2D eigenvalue weighted by Crippen LogP contribution is -2.37. The first-order valence-corrected chi connectivity index (χ1v) is 58.1. The maximum Gasteiger partial charge on any atom is 0.161 e. The molecule has 0 radical (unpaired) electrons. The number of Topliss-reactive ketones (excluding diaryl/α,β-unsaturated/α-hetero) is 1. The van der Waals surface area contributed by atoms with Crippen LogP contribution in [0.5, 0.6) is 11.5 Å². The minimum absolute atomic E-state index is 0.119. The predicted octanol–water partition coefficient (Wildman–Crippen LogP) is 29.2. The molecule has 0 amide bonds. The first-order chi connectivity index (χ1) is 70.6. The number of methoxy groups -OCH3 is 2. The Labute approximate surface area is 870 Å². The number of fused-ring (bicyclic) bond motifs is 6. The van der Waals surface area contributed by atoms with Gasteiger partial charge in [-0.1, -0.05) is 205 Å². The topological polar surface area (TPSA) is 114 Å². The molecule has 6 fully saturated rings. The number of para-hydroxylation sites is 3. The molecule has 0 atom stereocenters. The molecular weight excluding hydrogens is 1770 g/mol. The summed E-state index contributed by atoms with van der Waals surface area (Å²) in [5.74, 6) is 6.98. The van der Waals surface area contributed by atoms with Gasteiger partial charge in [0.05, 0.1) is 38.0 Å². The van der Waals surface area contributed by atoms with Gasteiger partial charge in [-0.05, 0) is 384 Å². The number of carbonyl (C=O) groups is 1. The number of aryl methyl sites for hydroxylation is 8. The molecule has 0 saturated carbocycles. The fourth-order valence-electron chi connectivity index (χ4n) is 24.2. The summed E-state index contributed by atoms with van der Waals surface area (Å²) in [6.45, 7) is 52.2. The van der Waals surface area contributed by atoms with Crippen LogP contribution in [-0.2, 0) is 50.6 Å². The first-order valence-electron chi connectivity index (χ1n) is 58.1. The van der Waals surface area contributed by atoms with E-state index in [0.29, 0.717) is 6.10 Å². The van der Waals surface area contributed by atoms with Crippen molar-refractivity contribution in [1.29, 1.82) is 0 Å². The van der Waals surface area contributed by atoms with Gasteiger partial charge in [0.25, 0.3) is 0 Å². The molecule has 12 heterocycles. The number of hydrogen-bond donors (Lipinski definition) is 1. The van der Waals surface area contributed by atoms with Crippen molar-refractivity contribution in [2.45, 2.75) is 340 Å². The van der Waals surface area contributed by atoms with Gasteiger partial charge >= 0.3 is 0 Å². The summed E-state index contributed by atoms with van der Waals surface area (Å²) in [6, 6.07) is 51.3. The van der Waals surface area contributed by atoms with Crippen LogP contribution < -0.4 is 9.47 Å². The summed E-state index contributed by atoms with van der Waals surface area (Å²) in [6.07, 6.45) is 57.2. The van der Waals surface area contributed by atoms with E-state index >= 15 is 0 Å². The molecule has 12 aromatic rings.